The highest BCUT2D eigenvalue weighted by atomic mass is 32.2. The third kappa shape index (κ3) is 3.86. The molecule has 156 valence electrons. The third-order valence-corrected chi connectivity index (χ3v) is 6.94. The van der Waals surface area contributed by atoms with Gasteiger partial charge in [0, 0.05) is 30.4 Å². The number of thioether (sulfide) groups is 1. The molecule has 0 spiro atoms. The van der Waals surface area contributed by atoms with Crippen molar-refractivity contribution in [1.82, 2.24) is 19.7 Å². The van der Waals surface area contributed by atoms with Crippen LogP contribution in [0.2, 0.25) is 0 Å². The van der Waals surface area contributed by atoms with Gasteiger partial charge in [0.25, 0.3) is 0 Å². The molecule has 0 amide bonds. The number of piperidine rings is 1. The van der Waals surface area contributed by atoms with E-state index in [0.717, 1.165) is 48.3 Å². The third-order valence-electron chi connectivity index (χ3n) is 5.88. The first-order valence-electron chi connectivity index (χ1n) is 10.5. The van der Waals surface area contributed by atoms with Crippen LogP contribution in [0.4, 0.5) is 5.95 Å². The second-order valence-corrected chi connectivity index (χ2v) is 9.54. The van der Waals surface area contributed by atoms with Gasteiger partial charge in [-0.2, -0.15) is 0 Å². The van der Waals surface area contributed by atoms with Crippen molar-refractivity contribution in [3.05, 3.63) is 22.5 Å². The van der Waals surface area contributed by atoms with Crippen LogP contribution < -0.4 is 4.90 Å². The molecule has 0 aromatic carbocycles. The van der Waals surface area contributed by atoms with Crippen molar-refractivity contribution >= 4 is 29.3 Å². The minimum Gasteiger partial charge on any atom is -0.355 e. The summed E-state index contributed by atoms with van der Waals surface area (Å²) < 4.78 is 2.24. The molecule has 4 rings (SSSR count). The van der Waals surface area contributed by atoms with Gasteiger partial charge in [0.05, 0.1) is 10.9 Å². The topological polar surface area (TPSA) is 83.9 Å². The molecule has 2 fully saturated rings. The molecule has 2 aliphatic rings. The Kier molecular flexibility index (Phi) is 5.55. The highest BCUT2D eigenvalue weighted by Gasteiger charge is 2.34. The fourth-order valence-electron chi connectivity index (χ4n) is 4.25. The summed E-state index contributed by atoms with van der Waals surface area (Å²) in [6.45, 7) is 9.18. The summed E-state index contributed by atoms with van der Waals surface area (Å²) in [6, 6.07) is 0.450. The molecule has 1 aliphatic heterocycles. The molecule has 3 heterocycles. The molecule has 8 heteroatoms. The first-order chi connectivity index (χ1) is 13.9. The van der Waals surface area contributed by atoms with Gasteiger partial charge < -0.3 is 9.88 Å². The largest absolute Gasteiger partial charge is 0.355 e. The van der Waals surface area contributed by atoms with Crippen molar-refractivity contribution < 1.29 is 9.59 Å². The molecular formula is C21H29N5O2S. The molecule has 1 saturated heterocycles. The SMILES string of the molecule is CC(=O)c1c(C)[nH]c(C(=O)C(C)Sc2nnc(N3CCCCC3)n2C2CC2)c1C. The number of aromatic nitrogens is 4. The van der Waals surface area contributed by atoms with Gasteiger partial charge in [-0.15, -0.1) is 10.2 Å². The zero-order valence-electron chi connectivity index (χ0n) is 17.6. The lowest BCUT2D eigenvalue weighted by Gasteiger charge is -2.28. The summed E-state index contributed by atoms with van der Waals surface area (Å²) in [5.41, 5.74) is 2.65. The van der Waals surface area contributed by atoms with Gasteiger partial charge in [-0.3, -0.25) is 14.2 Å². The molecule has 2 aromatic heterocycles. The van der Waals surface area contributed by atoms with Crippen LogP contribution in [-0.4, -0.2) is 49.7 Å². The summed E-state index contributed by atoms with van der Waals surface area (Å²) in [5.74, 6) is 0.934. The van der Waals surface area contributed by atoms with Gasteiger partial charge in [0.2, 0.25) is 5.95 Å². The van der Waals surface area contributed by atoms with Gasteiger partial charge in [-0.05, 0) is 65.4 Å². The van der Waals surface area contributed by atoms with E-state index in [-0.39, 0.29) is 16.8 Å². The number of aromatic amines is 1. The number of anilines is 1. The van der Waals surface area contributed by atoms with E-state index in [0.29, 0.717) is 17.3 Å². The number of hydrogen-bond donors (Lipinski definition) is 1. The Bertz CT molecular complexity index is 937. The number of rotatable bonds is 7. The van der Waals surface area contributed by atoms with Crippen molar-refractivity contribution in [2.45, 2.75) is 76.2 Å². The Labute approximate surface area is 175 Å². The molecule has 2 aromatic rings. The van der Waals surface area contributed by atoms with Crippen molar-refractivity contribution in [3.63, 3.8) is 0 Å². The molecule has 7 nitrogen and oxygen atoms in total. The Morgan fingerprint density at radius 1 is 1.14 bits per heavy atom. The van der Waals surface area contributed by atoms with Crippen LogP contribution in [0.5, 0.6) is 0 Å². The van der Waals surface area contributed by atoms with E-state index in [9.17, 15) is 9.59 Å². The van der Waals surface area contributed by atoms with Gasteiger partial charge in [0.1, 0.15) is 0 Å². The highest BCUT2D eigenvalue weighted by molar-refractivity contribution is 8.00. The predicted octanol–water partition coefficient (Wildman–Crippen LogP) is 4.11. The normalized spacial score (nSPS) is 18.1. The van der Waals surface area contributed by atoms with Crippen molar-refractivity contribution in [3.8, 4) is 0 Å². The predicted molar refractivity (Wildman–Crippen MR) is 114 cm³/mol. The molecule has 1 aliphatic carbocycles. The number of aryl methyl sites for hydroxylation is 1. The Balaban J connectivity index is 1.56. The van der Waals surface area contributed by atoms with Gasteiger partial charge in [-0.25, -0.2) is 0 Å². The Morgan fingerprint density at radius 2 is 1.83 bits per heavy atom. The zero-order valence-corrected chi connectivity index (χ0v) is 18.4. The van der Waals surface area contributed by atoms with E-state index in [4.69, 9.17) is 0 Å². The average molecular weight is 416 g/mol. The zero-order chi connectivity index (χ0) is 20.7. The highest BCUT2D eigenvalue weighted by Crippen LogP contribution is 2.42. The van der Waals surface area contributed by atoms with Crippen LogP contribution in [0.1, 0.15) is 84.1 Å². The van der Waals surface area contributed by atoms with E-state index in [1.807, 2.05) is 20.8 Å². The summed E-state index contributed by atoms with van der Waals surface area (Å²) in [7, 11) is 0. The Morgan fingerprint density at radius 3 is 2.41 bits per heavy atom. The van der Waals surface area contributed by atoms with Crippen LogP contribution in [0, 0.1) is 13.8 Å². The van der Waals surface area contributed by atoms with Crippen LogP contribution in [0.3, 0.4) is 0 Å². The molecule has 1 atom stereocenters. The van der Waals surface area contributed by atoms with Gasteiger partial charge in [0.15, 0.2) is 16.7 Å². The number of carbonyl (C=O) groups is 2. The molecule has 1 N–H and O–H groups in total. The van der Waals surface area contributed by atoms with Gasteiger partial charge >= 0.3 is 0 Å². The van der Waals surface area contributed by atoms with Crippen molar-refractivity contribution in [2.75, 3.05) is 18.0 Å². The standard InChI is InChI=1S/C21H29N5O2S/c1-12-17(14(3)27)13(2)22-18(12)19(28)15(4)29-21-24-23-20(26(21)16-8-9-16)25-10-6-5-7-11-25/h15-16,22H,5-11H2,1-4H3. The monoisotopic (exact) mass is 415 g/mol. The molecule has 1 saturated carbocycles. The maximum atomic E-state index is 13.1. The summed E-state index contributed by atoms with van der Waals surface area (Å²) >= 11 is 1.47. The Hall–Kier alpha value is -2.09. The number of nitrogens with zero attached hydrogens (tertiary/aromatic N) is 4. The quantitative estimate of drug-likeness (QED) is 0.541. The number of Topliss-reactive ketones (excluding diaryl/α,β-unsaturated/α-hetero) is 2. The maximum absolute atomic E-state index is 13.1. The summed E-state index contributed by atoms with van der Waals surface area (Å²) in [4.78, 5) is 30.5. The first-order valence-corrected chi connectivity index (χ1v) is 11.4. The van der Waals surface area contributed by atoms with Crippen molar-refractivity contribution in [2.24, 2.45) is 0 Å². The fraction of sp³-hybridized carbons (Fsp3) is 0.619. The number of carbonyl (C=O) groups excluding carboxylic acids is 2. The number of H-pyrrole nitrogens is 1. The van der Waals surface area contributed by atoms with E-state index < -0.39 is 0 Å². The molecular weight excluding hydrogens is 386 g/mol. The van der Waals surface area contributed by atoms with Crippen LogP contribution in [0.15, 0.2) is 5.16 Å². The second kappa shape index (κ2) is 7.97. The number of ketones is 2. The number of hydrogen-bond acceptors (Lipinski definition) is 6. The minimum atomic E-state index is -0.317. The molecule has 0 bridgehead atoms. The van der Waals surface area contributed by atoms with Crippen LogP contribution in [-0.2, 0) is 0 Å². The molecule has 29 heavy (non-hydrogen) atoms. The second-order valence-electron chi connectivity index (χ2n) is 8.24. The van der Waals surface area contributed by atoms with E-state index >= 15 is 0 Å². The summed E-state index contributed by atoms with van der Waals surface area (Å²) in [5, 5.41) is 9.46. The molecule has 1 unspecified atom stereocenters. The van der Waals surface area contributed by atoms with E-state index in [1.165, 1.54) is 37.9 Å². The average Bonchev–Trinajstić information content (AvgIpc) is 3.38. The van der Waals surface area contributed by atoms with Gasteiger partial charge in [-0.1, -0.05) is 11.8 Å². The fourth-order valence-corrected chi connectivity index (χ4v) is 5.22. The van der Waals surface area contributed by atoms with E-state index in [2.05, 4.69) is 24.6 Å². The first kappa shape index (κ1) is 20.2. The van der Waals surface area contributed by atoms with E-state index in [1.54, 1.807) is 0 Å². The van der Waals surface area contributed by atoms with Crippen molar-refractivity contribution in [1.29, 1.82) is 0 Å². The minimum absolute atomic E-state index is 0.00651. The molecule has 0 radical (unpaired) electrons. The lowest BCUT2D eigenvalue weighted by atomic mass is 10.0. The maximum Gasteiger partial charge on any atom is 0.228 e. The number of nitrogens with one attached hydrogen (secondary N) is 1. The summed E-state index contributed by atoms with van der Waals surface area (Å²) in [6.07, 6.45) is 5.95. The smallest absolute Gasteiger partial charge is 0.228 e. The van der Waals surface area contributed by atoms with Crippen LogP contribution in [0.25, 0.3) is 0 Å². The lowest BCUT2D eigenvalue weighted by Crippen LogP contribution is -2.32. The lowest BCUT2D eigenvalue weighted by molar-refractivity contribution is 0.0988. The van der Waals surface area contributed by atoms with Crippen LogP contribution >= 0.6 is 11.8 Å².